The van der Waals surface area contributed by atoms with Crippen LogP contribution in [0, 0.1) is 5.92 Å². The van der Waals surface area contributed by atoms with Gasteiger partial charge in [-0.1, -0.05) is 6.42 Å². The van der Waals surface area contributed by atoms with Crippen LogP contribution in [0.2, 0.25) is 0 Å². The minimum atomic E-state index is 0.0648. The maximum Gasteiger partial charge on any atom is 0.237 e. The van der Waals surface area contributed by atoms with Gasteiger partial charge < -0.3 is 15.5 Å². The molecule has 2 rings (SSSR count). The number of nitrogens with one attached hydrogen (secondary N) is 2. The van der Waals surface area contributed by atoms with E-state index in [2.05, 4.69) is 22.6 Å². The van der Waals surface area contributed by atoms with Crippen molar-refractivity contribution < 1.29 is 4.79 Å². The highest BCUT2D eigenvalue weighted by Crippen LogP contribution is 2.15. The van der Waals surface area contributed by atoms with Crippen LogP contribution < -0.4 is 10.6 Å². The molecule has 2 aliphatic heterocycles. The van der Waals surface area contributed by atoms with Crippen LogP contribution in [0.1, 0.15) is 32.1 Å². The summed E-state index contributed by atoms with van der Waals surface area (Å²) in [4.78, 5) is 14.3. The SMILES string of the molecule is CN1CCC(CNC(=O)[C@@H]2CCCCN2)CC1. The Hall–Kier alpha value is -0.610. The van der Waals surface area contributed by atoms with Gasteiger partial charge in [0, 0.05) is 6.54 Å². The van der Waals surface area contributed by atoms with Crippen molar-refractivity contribution >= 4 is 5.91 Å². The van der Waals surface area contributed by atoms with E-state index in [-0.39, 0.29) is 11.9 Å². The lowest BCUT2D eigenvalue weighted by Gasteiger charge is -2.30. The molecule has 2 saturated heterocycles. The van der Waals surface area contributed by atoms with Crippen molar-refractivity contribution in [3.63, 3.8) is 0 Å². The minimum Gasteiger partial charge on any atom is -0.354 e. The lowest BCUT2D eigenvalue weighted by molar-refractivity contribution is -0.123. The fraction of sp³-hybridized carbons (Fsp3) is 0.923. The van der Waals surface area contributed by atoms with E-state index in [1.54, 1.807) is 0 Å². The van der Waals surface area contributed by atoms with E-state index in [0.717, 1.165) is 19.5 Å². The lowest BCUT2D eigenvalue weighted by Crippen LogP contribution is -2.48. The van der Waals surface area contributed by atoms with Gasteiger partial charge in [-0.05, 0) is 58.3 Å². The van der Waals surface area contributed by atoms with Crippen LogP contribution in [-0.2, 0) is 4.79 Å². The number of carbonyl (C=O) groups is 1. The number of likely N-dealkylation sites (tertiary alicyclic amines) is 1. The van der Waals surface area contributed by atoms with Crippen LogP contribution >= 0.6 is 0 Å². The number of hydrogen-bond acceptors (Lipinski definition) is 3. The summed E-state index contributed by atoms with van der Waals surface area (Å²) >= 11 is 0. The zero-order chi connectivity index (χ0) is 12.1. The van der Waals surface area contributed by atoms with Gasteiger partial charge in [-0.3, -0.25) is 4.79 Å². The number of rotatable bonds is 3. The molecule has 4 nitrogen and oxygen atoms in total. The monoisotopic (exact) mass is 239 g/mol. The van der Waals surface area contributed by atoms with Crippen LogP contribution in [0.5, 0.6) is 0 Å². The second-order valence-electron chi connectivity index (χ2n) is 5.49. The highest BCUT2D eigenvalue weighted by atomic mass is 16.2. The van der Waals surface area contributed by atoms with Crippen molar-refractivity contribution in [1.29, 1.82) is 0 Å². The molecule has 0 aromatic rings. The molecule has 2 aliphatic rings. The quantitative estimate of drug-likeness (QED) is 0.757. The zero-order valence-electron chi connectivity index (χ0n) is 10.9. The van der Waals surface area contributed by atoms with Crippen molar-refractivity contribution in [1.82, 2.24) is 15.5 Å². The number of carbonyl (C=O) groups excluding carboxylic acids is 1. The summed E-state index contributed by atoms with van der Waals surface area (Å²) in [5, 5.41) is 6.41. The van der Waals surface area contributed by atoms with Crippen molar-refractivity contribution in [2.75, 3.05) is 33.2 Å². The highest BCUT2D eigenvalue weighted by Gasteiger charge is 2.22. The van der Waals surface area contributed by atoms with Gasteiger partial charge in [-0.25, -0.2) is 0 Å². The molecule has 2 heterocycles. The maximum atomic E-state index is 11.9. The molecule has 1 atom stereocenters. The van der Waals surface area contributed by atoms with E-state index >= 15 is 0 Å². The molecule has 0 bridgehead atoms. The molecule has 2 fully saturated rings. The van der Waals surface area contributed by atoms with Crippen LogP contribution in [-0.4, -0.2) is 50.1 Å². The molecule has 0 aliphatic carbocycles. The summed E-state index contributed by atoms with van der Waals surface area (Å²) in [5.74, 6) is 0.891. The van der Waals surface area contributed by atoms with Crippen molar-refractivity contribution in [2.24, 2.45) is 5.92 Å². The Kier molecular flexibility index (Phi) is 4.80. The summed E-state index contributed by atoms with van der Waals surface area (Å²) in [7, 11) is 2.17. The lowest BCUT2D eigenvalue weighted by atomic mass is 9.97. The minimum absolute atomic E-state index is 0.0648. The van der Waals surface area contributed by atoms with Crippen LogP contribution in [0.25, 0.3) is 0 Å². The third-order valence-electron chi connectivity index (χ3n) is 4.03. The van der Waals surface area contributed by atoms with E-state index in [9.17, 15) is 4.79 Å². The van der Waals surface area contributed by atoms with Gasteiger partial charge in [0.25, 0.3) is 0 Å². The van der Waals surface area contributed by atoms with Gasteiger partial charge in [0.1, 0.15) is 0 Å². The van der Waals surface area contributed by atoms with Gasteiger partial charge >= 0.3 is 0 Å². The Balaban J connectivity index is 1.65. The van der Waals surface area contributed by atoms with Gasteiger partial charge in [-0.15, -0.1) is 0 Å². The van der Waals surface area contributed by atoms with Crippen LogP contribution in [0.15, 0.2) is 0 Å². The highest BCUT2D eigenvalue weighted by molar-refractivity contribution is 5.81. The fourth-order valence-electron chi connectivity index (χ4n) is 2.71. The first-order valence-electron chi connectivity index (χ1n) is 6.95. The molecular weight excluding hydrogens is 214 g/mol. The smallest absolute Gasteiger partial charge is 0.237 e. The van der Waals surface area contributed by atoms with E-state index in [1.807, 2.05) is 0 Å². The Morgan fingerprint density at radius 2 is 2.06 bits per heavy atom. The number of amides is 1. The molecule has 0 saturated carbocycles. The molecule has 4 heteroatoms. The number of hydrogen-bond donors (Lipinski definition) is 2. The summed E-state index contributed by atoms with van der Waals surface area (Å²) in [6.07, 6.45) is 5.82. The first kappa shape index (κ1) is 12.8. The fourth-order valence-corrected chi connectivity index (χ4v) is 2.71. The number of piperidine rings is 2. The van der Waals surface area contributed by atoms with Gasteiger partial charge in [-0.2, -0.15) is 0 Å². The second kappa shape index (κ2) is 6.36. The Morgan fingerprint density at radius 3 is 2.71 bits per heavy atom. The van der Waals surface area contributed by atoms with Gasteiger partial charge in [0.05, 0.1) is 6.04 Å². The van der Waals surface area contributed by atoms with Crippen LogP contribution in [0.4, 0.5) is 0 Å². The molecule has 0 aromatic carbocycles. The molecule has 0 spiro atoms. The predicted octanol–water partition coefficient (Wildman–Crippen LogP) is 0.587. The first-order valence-corrected chi connectivity index (χ1v) is 6.95. The third kappa shape index (κ3) is 3.96. The van der Waals surface area contributed by atoms with Crippen molar-refractivity contribution in [3.05, 3.63) is 0 Å². The van der Waals surface area contributed by atoms with Crippen molar-refractivity contribution in [2.45, 2.75) is 38.1 Å². The molecule has 0 aromatic heterocycles. The van der Waals surface area contributed by atoms with E-state index in [4.69, 9.17) is 0 Å². The Bertz CT molecular complexity index is 243. The molecule has 1 amide bonds. The zero-order valence-corrected chi connectivity index (χ0v) is 10.9. The predicted molar refractivity (Wildman–Crippen MR) is 68.9 cm³/mol. The molecule has 17 heavy (non-hydrogen) atoms. The van der Waals surface area contributed by atoms with E-state index in [0.29, 0.717) is 5.92 Å². The Morgan fingerprint density at radius 1 is 1.29 bits per heavy atom. The van der Waals surface area contributed by atoms with E-state index in [1.165, 1.54) is 38.8 Å². The average Bonchev–Trinajstić information content (AvgIpc) is 2.39. The molecular formula is C13H25N3O. The van der Waals surface area contributed by atoms with E-state index < -0.39 is 0 Å². The van der Waals surface area contributed by atoms with Gasteiger partial charge in [0.15, 0.2) is 0 Å². The topological polar surface area (TPSA) is 44.4 Å². The van der Waals surface area contributed by atoms with Crippen LogP contribution in [0.3, 0.4) is 0 Å². The molecule has 2 N–H and O–H groups in total. The first-order chi connectivity index (χ1) is 8.25. The number of nitrogens with zero attached hydrogens (tertiary/aromatic N) is 1. The molecule has 0 unspecified atom stereocenters. The Labute approximate surface area is 104 Å². The van der Waals surface area contributed by atoms with Crippen molar-refractivity contribution in [3.8, 4) is 0 Å². The maximum absolute atomic E-state index is 11.9. The molecule has 0 radical (unpaired) electrons. The molecule has 98 valence electrons. The summed E-state index contributed by atoms with van der Waals surface area (Å²) in [5.41, 5.74) is 0. The third-order valence-corrected chi connectivity index (χ3v) is 4.03. The van der Waals surface area contributed by atoms with Gasteiger partial charge in [0.2, 0.25) is 5.91 Å². The summed E-state index contributed by atoms with van der Waals surface area (Å²) in [6, 6.07) is 0.0648. The second-order valence-corrected chi connectivity index (χ2v) is 5.49. The average molecular weight is 239 g/mol. The summed E-state index contributed by atoms with van der Waals surface area (Å²) in [6.45, 7) is 4.20. The standard InChI is InChI=1S/C13H25N3O/c1-16-8-5-11(6-9-16)10-15-13(17)12-4-2-3-7-14-12/h11-12,14H,2-10H2,1H3,(H,15,17)/t12-/m0/s1. The largest absolute Gasteiger partial charge is 0.354 e. The summed E-state index contributed by atoms with van der Waals surface area (Å²) < 4.78 is 0. The normalized spacial score (nSPS) is 27.9.